The third-order valence-electron chi connectivity index (χ3n) is 5.87. The van der Waals surface area contributed by atoms with Crippen LogP contribution in [0.1, 0.15) is 32.3 Å². The van der Waals surface area contributed by atoms with Crippen LogP contribution in [0.25, 0.3) is 0 Å². The molecule has 1 amide bonds. The minimum atomic E-state index is -3.08. The van der Waals surface area contributed by atoms with Crippen molar-refractivity contribution in [2.75, 3.05) is 39.0 Å². The zero-order valence-electron chi connectivity index (χ0n) is 17.1. The molecule has 0 spiro atoms. The maximum atomic E-state index is 12.8. The van der Waals surface area contributed by atoms with Crippen LogP contribution in [0, 0.1) is 5.92 Å². The number of amides is 1. The lowest BCUT2D eigenvalue weighted by Gasteiger charge is -2.40. The number of nitrogens with zero attached hydrogens (tertiary/aromatic N) is 2. The van der Waals surface area contributed by atoms with Gasteiger partial charge in [-0.05, 0) is 36.5 Å². The Kier molecular flexibility index (Phi) is 6.65. The van der Waals surface area contributed by atoms with E-state index in [0.717, 1.165) is 24.3 Å². The number of rotatable bonds is 5. The highest BCUT2D eigenvalue weighted by Gasteiger charge is 2.43. The maximum Gasteiger partial charge on any atom is 0.226 e. The van der Waals surface area contributed by atoms with Gasteiger partial charge in [0, 0.05) is 32.2 Å². The second-order valence-electron chi connectivity index (χ2n) is 8.34. The number of carbonyl (C=O) groups is 1. The molecular formula is C21H32N2O4S. The van der Waals surface area contributed by atoms with E-state index < -0.39 is 9.84 Å². The summed E-state index contributed by atoms with van der Waals surface area (Å²) in [6.07, 6.45) is 1.60. The van der Waals surface area contributed by atoms with E-state index in [-0.39, 0.29) is 23.0 Å². The van der Waals surface area contributed by atoms with Gasteiger partial charge in [-0.15, -0.1) is 0 Å². The molecule has 2 heterocycles. The van der Waals surface area contributed by atoms with Crippen molar-refractivity contribution in [2.24, 2.45) is 5.92 Å². The van der Waals surface area contributed by atoms with Crippen molar-refractivity contribution in [3.63, 3.8) is 0 Å². The molecule has 28 heavy (non-hydrogen) atoms. The summed E-state index contributed by atoms with van der Waals surface area (Å²) in [4.78, 5) is 17.0. The summed E-state index contributed by atoms with van der Waals surface area (Å²) in [6.45, 7) is 7.00. The average molecular weight is 409 g/mol. The largest absolute Gasteiger partial charge is 0.497 e. The molecule has 0 aromatic heterocycles. The van der Waals surface area contributed by atoms with E-state index in [2.05, 4.69) is 18.7 Å². The second-order valence-corrected chi connectivity index (χ2v) is 10.7. The van der Waals surface area contributed by atoms with E-state index in [1.165, 1.54) is 0 Å². The Bertz CT molecular complexity index is 776. The van der Waals surface area contributed by atoms with Crippen LogP contribution in [0.15, 0.2) is 24.3 Å². The summed E-state index contributed by atoms with van der Waals surface area (Å²) in [5.41, 5.74) is 0.946. The Balaban J connectivity index is 1.68. The zero-order chi connectivity index (χ0) is 20.3. The first kappa shape index (κ1) is 21.1. The number of methoxy groups -OCH3 is 1. The summed E-state index contributed by atoms with van der Waals surface area (Å²) in [5.74, 6) is 1.57. The quantitative estimate of drug-likeness (QED) is 0.745. The fourth-order valence-corrected chi connectivity index (χ4v) is 6.48. The van der Waals surface area contributed by atoms with Gasteiger partial charge < -0.3 is 9.64 Å². The molecule has 0 saturated carbocycles. The normalized spacial score (nSPS) is 25.2. The average Bonchev–Trinajstić information content (AvgIpc) is 2.89. The number of benzene rings is 1. The predicted octanol–water partition coefficient (Wildman–Crippen LogP) is 1.98. The molecule has 2 aliphatic rings. The molecule has 2 fully saturated rings. The van der Waals surface area contributed by atoms with Gasteiger partial charge in [-0.2, -0.15) is 0 Å². The van der Waals surface area contributed by atoms with E-state index >= 15 is 0 Å². The fourth-order valence-electron chi connectivity index (χ4n) is 4.43. The van der Waals surface area contributed by atoms with Gasteiger partial charge in [0.1, 0.15) is 5.75 Å². The predicted molar refractivity (Wildman–Crippen MR) is 110 cm³/mol. The third kappa shape index (κ3) is 4.87. The van der Waals surface area contributed by atoms with Crippen molar-refractivity contribution in [2.45, 2.75) is 44.4 Å². The van der Waals surface area contributed by atoms with E-state index in [1.807, 2.05) is 29.2 Å². The Hall–Kier alpha value is -1.60. The van der Waals surface area contributed by atoms with Gasteiger partial charge in [0.05, 0.1) is 24.5 Å². The highest BCUT2D eigenvalue weighted by atomic mass is 32.2. The number of sulfone groups is 1. The molecule has 0 bridgehead atoms. The third-order valence-corrected chi connectivity index (χ3v) is 8.09. The van der Waals surface area contributed by atoms with E-state index in [0.29, 0.717) is 38.4 Å². The molecule has 6 nitrogen and oxygen atoms in total. The van der Waals surface area contributed by atoms with E-state index in [1.54, 1.807) is 7.11 Å². The lowest BCUT2D eigenvalue weighted by Crippen LogP contribution is -2.55. The van der Waals surface area contributed by atoms with Gasteiger partial charge in [-0.1, -0.05) is 26.0 Å². The van der Waals surface area contributed by atoms with Crippen LogP contribution in [0.5, 0.6) is 5.75 Å². The number of hydrogen-bond acceptors (Lipinski definition) is 5. The minimum absolute atomic E-state index is 0.0277. The van der Waals surface area contributed by atoms with Gasteiger partial charge in [0.15, 0.2) is 9.84 Å². The standard InChI is InChI=1S/C21H32N2O4S/c1-16(2)15-23-12-13-28(25,26)20-9-11-22(10-8-19(20)23)21(24)14-17-4-6-18(27-3)7-5-17/h4-7,16,19-20H,8-15H2,1-3H3/t19-,20+/m0/s1. The molecule has 0 unspecified atom stereocenters. The van der Waals surface area contributed by atoms with Crippen molar-refractivity contribution >= 4 is 15.7 Å². The summed E-state index contributed by atoms with van der Waals surface area (Å²) >= 11 is 0. The molecule has 2 saturated heterocycles. The van der Waals surface area contributed by atoms with Gasteiger partial charge in [0.2, 0.25) is 5.91 Å². The maximum absolute atomic E-state index is 12.8. The Labute approximate surface area is 168 Å². The molecule has 0 radical (unpaired) electrons. The molecule has 0 aliphatic carbocycles. The van der Waals surface area contributed by atoms with Crippen LogP contribution in [0.3, 0.4) is 0 Å². The number of hydrogen-bond donors (Lipinski definition) is 0. The monoisotopic (exact) mass is 408 g/mol. The number of likely N-dealkylation sites (tertiary alicyclic amines) is 1. The topological polar surface area (TPSA) is 66.9 Å². The van der Waals surface area contributed by atoms with Crippen molar-refractivity contribution in [1.82, 2.24) is 9.80 Å². The number of fused-ring (bicyclic) bond motifs is 1. The summed E-state index contributed by atoms with van der Waals surface area (Å²) < 4.78 is 30.5. The van der Waals surface area contributed by atoms with Crippen LogP contribution in [-0.2, 0) is 21.1 Å². The molecular weight excluding hydrogens is 376 g/mol. The first-order valence-corrected chi connectivity index (χ1v) is 11.9. The lowest BCUT2D eigenvalue weighted by molar-refractivity contribution is -0.130. The van der Waals surface area contributed by atoms with Crippen molar-refractivity contribution in [3.8, 4) is 5.75 Å². The molecule has 156 valence electrons. The lowest BCUT2D eigenvalue weighted by atomic mass is 10.0. The first-order chi connectivity index (χ1) is 13.3. The minimum Gasteiger partial charge on any atom is -0.497 e. The highest BCUT2D eigenvalue weighted by molar-refractivity contribution is 7.92. The van der Waals surface area contributed by atoms with Crippen LogP contribution in [0.2, 0.25) is 0 Å². The van der Waals surface area contributed by atoms with Crippen LogP contribution in [-0.4, -0.2) is 74.5 Å². The van der Waals surface area contributed by atoms with Crippen LogP contribution < -0.4 is 4.74 Å². The summed E-state index contributed by atoms with van der Waals surface area (Å²) in [6, 6.07) is 7.55. The molecule has 2 aliphatic heterocycles. The van der Waals surface area contributed by atoms with Crippen molar-refractivity contribution < 1.29 is 17.9 Å². The second kappa shape index (κ2) is 8.82. The SMILES string of the molecule is COc1ccc(CC(=O)N2CC[C@@H]3[C@H](CC2)N(CC(C)C)CCS3(=O)=O)cc1. The molecule has 7 heteroatoms. The van der Waals surface area contributed by atoms with E-state index in [9.17, 15) is 13.2 Å². The molecule has 1 aromatic rings. The molecule has 0 N–H and O–H groups in total. The van der Waals surface area contributed by atoms with Gasteiger partial charge in [-0.25, -0.2) is 8.42 Å². The number of carbonyl (C=O) groups excluding carboxylic acids is 1. The van der Waals surface area contributed by atoms with Crippen molar-refractivity contribution in [3.05, 3.63) is 29.8 Å². The summed E-state index contributed by atoms with van der Waals surface area (Å²) in [7, 11) is -1.47. The molecule has 2 atom stereocenters. The highest BCUT2D eigenvalue weighted by Crippen LogP contribution is 2.29. The summed E-state index contributed by atoms with van der Waals surface area (Å²) in [5, 5.41) is -0.348. The van der Waals surface area contributed by atoms with Crippen LogP contribution >= 0.6 is 0 Å². The Morgan fingerprint density at radius 1 is 1.14 bits per heavy atom. The van der Waals surface area contributed by atoms with Crippen molar-refractivity contribution in [1.29, 1.82) is 0 Å². The first-order valence-electron chi connectivity index (χ1n) is 10.2. The number of ether oxygens (including phenoxy) is 1. The molecule has 1 aromatic carbocycles. The van der Waals surface area contributed by atoms with Gasteiger partial charge in [0.25, 0.3) is 0 Å². The molecule has 3 rings (SSSR count). The fraction of sp³-hybridized carbons (Fsp3) is 0.667. The van der Waals surface area contributed by atoms with Gasteiger partial charge >= 0.3 is 0 Å². The van der Waals surface area contributed by atoms with E-state index in [4.69, 9.17) is 4.74 Å². The smallest absolute Gasteiger partial charge is 0.226 e. The zero-order valence-corrected chi connectivity index (χ0v) is 18.0. The Morgan fingerprint density at radius 3 is 2.46 bits per heavy atom. The van der Waals surface area contributed by atoms with Crippen LogP contribution in [0.4, 0.5) is 0 Å². The van der Waals surface area contributed by atoms with Gasteiger partial charge in [-0.3, -0.25) is 9.69 Å². The Morgan fingerprint density at radius 2 is 1.82 bits per heavy atom.